The summed E-state index contributed by atoms with van der Waals surface area (Å²) in [4.78, 5) is 18.9. The third kappa shape index (κ3) is 2.89. The molecule has 0 radical (unpaired) electrons. The lowest BCUT2D eigenvalue weighted by molar-refractivity contribution is -0.137. The molecule has 0 aliphatic carbocycles. The molecule has 1 fully saturated rings. The summed E-state index contributed by atoms with van der Waals surface area (Å²) in [6, 6.07) is 0. The third-order valence-corrected chi connectivity index (χ3v) is 5.99. The predicted molar refractivity (Wildman–Crippen MR) is 81.5 cm³/mol. The molecule has 2 aliphatic heterocycles. The van der Waals surface area contributed by atoms with Crippen LogP contribution in [-0.2, 0) is 34.8 Å². The Bertz CT molecular complexity index is 674. The van der Waals surface area contributed by atoms with Gasteiger partial charge in [0.15, 0.2) is 0 Å². The number of carbonyl (C=O) groups excluding carboxylic acids is 1. The Morgan fingerprint density at radius 3 is 2.59 bits per heavy atom. The van der Waals surface area contributed by atoms with Gasteiger partial charge in [0.25, 0.3) is 0 Å². The van der Waals surface area contributed by atoms with Crippen LogP contribution >= 0.6 is 0 Å². The van der Waals surface area contributed by atoms with E-state index < -0.39 is 10.0 Å². The standard InChI is InChI=1S/C14H22N4O3S/c1-16-10-15-12-5-6-17(9-13(12)16)14(19)11-3-7-18(8-4-11)22(2,20)21/h10-11H,3-9H2,1-2H3. The van der Waals surface area contributed by atoms with Crippen molar-refractivity contribution in [3.8, 4) is 0 Å². The van der Waals surface area contributed by atoms with Crippen LogP contribution in [0.3, 0.4) is 0 Å². The molecule has 7 nitrogen and oxygen atoms in total. The van der Waals surface area contributed by atoms with Crippen molar-refractivity contribution in [1.82, 2.24) is 18.8 Å². The minimum absolute atomic E-state index is 0.0622. The normalized spacial score (nSPS) is 20.9. The number of piperidine rings is 1. The van der Waals surface area contributed by atoms with Gasteiger partial charge in [-0.15, -0.1) is 0 Å². The quantitative estimate of drug-likeness (QED) is 0.765. The van der Waals surface area contributed by atoms with Crippen LogP contribution in [0.4, 0.5) is 0 Å². The maximum atomic E-state index is 12.7. The third-order valence-electron chi connectivity index (χ3n) is 4.69. The molecular weight excluding hydrogens is 304 g/mol. The van der Waals surface area contributed by atoms with Gasteiger partial charge in [-0.05, 0) is 12.8 Å². The number of nitrogens with zero attached hydrogens (tertiary/aromatic N) is 4. The van der Waals surface area contributed by atoms with E-state index in [0.717, 1.165) is 17.8 Å². The van der Waals surface area contributed by atoms with Crippen LogP contribution in [-0.4, -0.2) is 59.0 Å². The summed E-state index contributed by atoms with van der Waals surface area (Å²) in [6.45, 7) is 2.20. The summed E-state index contributed by atoms with van der Waals surface area (Å²) >= 11 is 0. The summed E-state index contributed by atoms with van der Waals surface area (Å²) in [5, 5.41) is 0. The lowest BCUT2D eigenvalue weighted by Crippen LogP contribution is -2.45. The molecule has 0 spiro atoms. The Morgan fingerprint density at radius 1 is 1.27 bits per heavy atom. The minimum Gasteiger partial charge on any atom is -0.336 e. The first-order valence-electron chi connectivity index (χ1n) is 7.59. The van der Waals surface area contributed by atoms with Crippen LogP contribution in [0, 0.1) is 5.92 Å². The van der Waals surface area contributed by atoms with Crippen LogP contribution in [0.5, 0.6) is 0 Å². The van der Waals surface area contributed by atoms with E-state index in [1.54, 1.807) is 6.33 Å². The highest BCUT2D eigenvalue weighted by atomic mass is 32.2. The average Bonchev–Trinajstić information content (AvgIpc) is 2.87. The van der Waals surface area contributed by atoms with E-state index in [-0.39, 0.29) is 11.8 Å². The number of amides is 1. The van der Waals surface area contributed by atoms with E-state index in [4.69, 9.17) is 0 Å². The lowest BCUT2D eigenvalue weighted by atomic mass is 9.95. The number of sulfonamides is 1. The molecule has 0 saturated carbocycles. The Morgan fingerprint density at radius 2 is 1.95 bits per heavy atom. The van der Waals surface area contributed by atoms with Gasteiger partial charge in [-0.25, -0.2) is 17.7 Å². The lowest BCUT2D eigenvalue weighted by Gasteiger charge is -2.34. The smallest absolute Gasteiger partial charge is 0.226 e. The highest BCUT2D eigenvalue weighted by molar-refractivity contribution is 7.88. The Balaban J connectivity index is 1.63. The molecule has 0 atom stereocenters. The van der Waals surface area contributed by atoms with Crippen molar-refractivity contribution < 1.29 is 13.2 Å². The minimum atomic E-state index is -3.14. The molecule has 0 bridgehead atoms. The largest absolute Gasteiger partial charge is 0.336 e. The van der Waals surface area contributed by atoms with Crippen molar-refractivity contribution in [1.29, 1.82) is 0 Å². The van der Waals surface area contributed by atoms with Gasteiger partial charge in [0.1, 0.15) is 0 Å². The van der Waals surface area contributed by atoms with E-state index >= 15 is 0 Å². The van der Waals surface area contributed by atoms with E-state index in [2.05, 4.69) is 4.98 Å². The molecule has 8 heteroatoms. The maximum absolute atomic E-state index is 12.7. The Hall–Kier alpha value is -1.41. The zero-order chi connectivity index (χ0) is 15.9. The number of aromatic nitrogens is 2. The SMILES string of the molecule is Cn1cnc2c1CN(C(=O)C1CCN(S(C)(=O)=O)CC1)CC2. The Kier molecular flexibility index (Phi) is 3.98. The molecule has 1 aromatic rings. The topological polar surface area (TPSA) is 75.5 Å². The van der Waals surface area contributed by atoms with Crippen LogP contribution in [0.2, 0.25) is 0 Å². The van der Waals surface area contributed by atoms with Gasteiger partial charge in [0.2, 0.25) is 15.9 Å². The van der Waals surface area contributed by atoms with Crippen LogP contribution in [0.1, 0.15) is 24.2 Å². The van der Waals surface area contributed by atoms with Gasteiger partial charge < -0.3 is 9.47 Å². The maximum Gasteiger partial charge on any atom is 0.226 e. The summed E-state index contributed by atoms with van der Waals surface area (Å²) in [6.07, 6.45) is 5.04. The van der Waals surface area contributed by atoms with Gasteiger partial charge >= 0.3 is 0 Å². The number of aryl methyl sites for hydroxylation is 1. The number of rotatable bonds is 2. The van der Waals surface area contributed by atoms with Crippen LogP contribution < -0.4 is 0 Å². The summed E-state index contributed by atoms with van der Waals surface area (Å²) in [5.41, 5.74) is 2.19. The first-order valence-corrected chi connectivity index (χ1v) is 9.44. The second kappa shape index (κ2) is 5.66. The number of fused-ring (bicyclic) bond motifs is 1. The summed E-state index contributed by atoms with van der Waals surface area (Å²) in [7, 11) is -1.19. The zero-order valence-corrected chi connectivity index (χ0v) is 13.8. The molecule has 0 aromatic carbocycles. The molecule has 1 aromatic heterocycles. The average molecular weight is 326 g/mol. The summed E-state index contributed by atoms with van der Waals surface area (Å²) in [5.74, 6) is 0.0905. The molecule has 1 saturated heterocycles. The number of hydrogen-bond donors (Lipinski definition) is 0. The predicted octanol–water partition coefficient (Wildman–Crippen LogP) is -0.0236. The van der Waals surface area contributed by atoms with E-state index in [0.29, 0.717) is 39.0 Å². The van der Waals surface area contributed by atoms with Crippen molar-refractivity contribution in [3.63, 3.8) is 0 Å². The molecule has 1 amide bonds. The fourth-order valence-electron chi connectivity index (χ4n) is 3.30. The molecule has 2 aliphatic rings. The monoisotopic (exact) mass is 326 g/mol. The van der Waals surface area contributed by atoms with Gasteiger partial charge in [-0.3, -0.25) is 4.79 Å². The molecule has 122 valence electrons. The van der Waals surface area contributed by atoms with E-state index in [1.807, 2.05) is 16.5 Å². The van der Waals surface area contributed by atoms with Gasteiger partial charge in [-0.2, -0.15) is 0 Å². The number of hydrogen-bond acceptors (Lipinski definition) is 4. The second-order valence-electron chi connectivity index (χ2n) is 6.19. The van der Waals surface area contributed by atoms with Crippen molar-refractivity contribution in [2.24, 2.45) is 13.0 Å². The fraction of sp³-hybridized carbons (Fsp3) is 0.714. The summed E-state index contributed by atoms with van der Waals surface area (Å²) < 4.78 is 26.5. The molecule has 3 heterocycles. The second-order valence-corrected chi connectivity index (χ2v) is 8.18. The van der Waals surface area contributed by atoms with Crippen molar-refractivity contribution in [3.05, 3.63) is 17.7 Å². The van der Waals surface area contributed by atoms with Crippen molar-refractivity contribution in [2.45, 2.75) is 25.8 Å². The van der Waals surface area contributed by atoms with Gasteiger partial charge in [0.05, 0.1) is 30.5 Å². The first kappa shape index (κ1) is 15.5. The number of imidazole rings is 1. The highest BCUT2D eigenvalue weighted by Crippen LogP contribution is 2.24. The highest BCUT2D eigenvalue weighted by Gasteiger charge is 2.33. The molecule has 0 unspecified atom stereocenters. The first-order chi connectivity index (χ1) is 10.4. The Labute approximate surface area is 131 Å². The van der Waals surface area contributed by atoms with E-state index in [9.17, 15) is 13.2 Å². The zero-order valence-electron chi connectivity index (χ0n) is 13.0. The molecule has 3 rings (SSSR count). The molecule has 0 N–H and O–H groups in total. The van der Waals surface area contributed by atoms with Crippen LogP contribution in [0.15, 0.2) is 6.33 Å². The fourth-order valence-corrected chi connectivity index (χ4v) is 4.17. The van der Waals surface area contributed by atoms with Gasteiger partial charge in [0, 0.05) is 39.0 Å². The number of carbonyl (C=O) groups is 1. The van der Waals surface area contributed by atoms with Crippen LogP contribution in [0.25, 0.3) is 0 Å². The van der Waals surface area contributed by atoms with Gasteiger partial charge in [-0.1, -0.05) is 0 Å². The van der Waals surface area contributed by atoms with Crippen molar-refractivity contribution in [2.75, 3.05) is 25.9 Å². The van der Waals surface area contributed by atoms with Crippen molar-refractivity contribution >= 4 is 15.9 Å². The van der Waals surface area contributed by atoms with E-state index in [1.165, 1.54) is 10.6 Å². The molecular formula is C14H22N4O3S. The molecule has 22 heavy (non-hydrogen) atoms.